The van der Waals surface area contributed by atoms with E-state index in [-0.39, 0.29) is 6.10 Å². The van der Waals surface area contributed by atoms with Crippen molar-refractivity contribution in [1.82, 2.24) is 15.1 Å². The first kappa shape index (κ1) is 14.2. The summed E-state index contributed by atoms with van der Waals surface area (Å²) in [6.45, 7) is 12.4. The van der Waals surface area contributed by atoms with Crippen LogP contribution in [0.5, 0.6) is 0 Å². The van der Waals surface area contributed by atoms with E-state index in [1.807, 2.05) is 4.68 Å². The van der Waals surface area contributed by atoms with Gasteiger partial charge in [-0.1, -0.05) is 6.92 Å². The van der Waals surface area contributed by atoms with Gasteiger partial charge in [0.15, 0.2) is 0 Å². The summed E-state index contributed by atoms with van der Waals surface area (Å²) in [7, 11) is 1.73. The number of hydrogen-bond donors (Lipinski definition) is 1. The van der Waals surface area contributed by atoms with Gasteiger partial charge in [-0.15, -0.1) is 0 Å². The van der Waals surface area contributed by atoms with E-state index in [0.717, 1.165) is 18.8 Å². The monoisotopic (exact) mass is 239 g/mol. The molecule has 0 radical (unpaired) electrons. The summed E-state index contributed by atoms with van der Waals surface area (Å²) in [6, 6.07) is 0.353. The fourth-order valence-corrected chi connectivity index (χ4v) is 2.24. The van der Waals surface area contributed by atoms with Crippen LogP contribution in [0.4, 0.5) is 0 Å². The average Bonchev–Trinajstić information content (AvgIpc) is 2.54. The van der Waals surface area contributed by atoms with Crippen molar-refractivity contribution in [2.24, 2.45) is 0 Å². The Bertz CT molecular complexity index is 360. The first-order valence-electron chi connectivity index (χ1n) is 6.31. The summed E-state index contributed by atoms with van der Waals surface area (Å²) in [5.74, 6) is 0. The summed E-state index contributed by atoms with van der Waals surface area (Å²) < 4.78 is 7.34. The maximum absolute atomic E-state index is 5.29. The predicted octanol–water partition coefficient (Wildman–Crippen LogP) is 2.21. The molecule has 0 fully saturated rings. The van der Waals surface area contributed by atoms with Crippen LogP contribution in [0.1, 0.15) is 43.8 Å². The number of rotatable bonds is 6. The highest BCUT2D eigenvalue weighted by molar-refractivity contribution is 5.27. The van der Waals surface area contributed by atoms with Crippen molar-refractivity contribution in [3.8, 4) is 0 Å². The zero-order chi connectivity index (χ0) is 13.0. The van der Waals surface area contributed by atoms with Crippen LogP contribution in [0.15, 0.2) is 0 Å². The summed E-state index contributed by atoms with van der Waals surface area (Å²) >= 11 is 0. The molecule has 4 nitrogen and oxygen atoms in total. The van der Waals surface area contributed by atoms with Gasteiger partial charge in [-0.05, 0) is 34.2 Å². The first-order chi connectivity index (χ1) is 8.01. The fourth-order valence-electron chi connectivity index (χ4n) is 2.24. The van der Waals surface area contributed by atoms with E-state index < -0.39 is 0 Å². The lowest BCUT2D eigenvalue weighted by Gasteiger charge is -2.14. The van der Waals surface area contributed by atoms with Gasteiger partial charge in [-0.25, -0.2) is 0 Å². The van der Waals surface area contributed by atoms with Gasteiger partial charge in [-0.3, -0.25) is 4.68 Å². The standard InChI is InChI=1S/C13H25N3O/c1-7-14-10(3)13-11(4)15-16(12(13)5)8-9(2)17-6/h9-10,14H,7-8H2,1-6H3. The molecule has 0 aliphatic heterocycles. The SMILES string of the molecule is CCNC(C)c1c(C)nn(CC(C)OC)c1C. The molecule has 0 spiro atoms. The topological polar surface area (TPSA) is 39.1 Å². The van der Waals surface area contributed by atoms with Crippen molar-refractivity contribution < 1.29 is 4.74 Å². The van der Waals surface area contributed by atoms with Gasteiger partial charge in [0.25, 0.3) is 0 Å². The number of nitrogens with one attached hydrogen (secondary N) is 1. The Labute approximate surface area is 104 Å². The molecule has 0 saturated carbocycles. The average molecular weight is 239 g/mol. The molecular formula is C13H25N3O. The quantitative estimate of drug-likeness (QED) is 0.827. The van der Waals surface area contributed by atoms with Crippen LogP contribution >= 0.6 is 0 Å². The van der Waals surface area contributed by atoms with E-state index in [1.165, 1.54) is 11.3 Å². The molecule has 0 saturated heterocycles. The van der Waals surface area contributed by atoms with Crippen molar-refractivity contribution in [3.63, 3.8) is 0 Å². The lowest BCUT2D eigenvalue weighted by molar-refractivity contribution is 0.0991. The van der Waals surface area contributed by atoms with Gasteiger partial charge in [0.2, 0.25) is 0 Å². The zero-order valence-corrected chi connectivity index (χ0v) is 11.9. The van der Waals surface area contributed by atoms with E-state index >= 15 is 0 Å². The molecule has 2 unspecified atom stereocenters. The maximum atomic E-state index is 5.29. The highest BCUT2D eigenvalue weighted by Crippen LogP contribution is 2.21. The molecule has 1 heterocycles. The minimum Gasteiger partial charge on any atom is -0.380 e. The normalized spacial score (nSPS) is 14.9. The molecule has 2 atom stereocenters. The molecule has 98 valence electrons. The Hall–Kier alpha value is -0.870. The van der Waals surface area contributed by atoms with E-state index in [2.05, 4.69) is 45.0 Å². The summed E-state index contributed by atoms with van der Waals surface area (Å²) in [5.41, 5.74) is 3.66. The van der Waals surface area contributed by atoms with Gasteiger partial charge < -0.3 is 10.1 Å². The lowest BCUT2D eigenvalue weighted by Crippen LogP contribution is -2.20. The number of ether oxygens (including phenoxy) is 1. The van der Waals surface area contributed by atoms with Crippen molar-refractivity contribution in [3.05, 3.63) is 17.0 Å². The van der Waals surface area contributed by atoms with Crippen LogP contribution in [0.3, 0.4) is 0 Å². The number of aryl methyl sites for hydroxylation is 1. The highest BCUT2D eigenvalue weighted by atomic mass is 16.5. The van der Waals surface area contributed by atoms with Crippen molar-refractivity contribution in [1.29, 1.82) is 0 Å². The molecule has 1 N–H and O–H groups in total. The largest absolute Gasteiger partial charge is 0.380 e. The Morgan fingerprint density at radius 3 is 2.53 bits per heavy atom. The van der Waals surface area contributed by atoms with Gasteiger partial charge in [0, 0.05) is 24.4 Å². The summed E-state index contributed by atoms with van der Waals surface area (Å²) in [4.78, 5) is 0. The van der Waals surface area contributed by atoms with Crippen LogP contribution < -0.4 is 5.32 Å². The molecule has 17 heavy (non-hydrogen) atoms. The second-order valence-corrected chi connectivity index (χ2v) is 4.59. The second-order valence-electron chi connectivity index (χ2n) is 4.59. The maximum Gasteiger partial charge on any atom is 0.0739 e. The van der Waals surface area contributed by atoms with Crippen LogP contribution in [-0.4, -0.2) is 29.5 Å². The van der Waals surface area contributed by atoms with Crippen molar-refractivity contribution in [2.75, 3.05) is 13.7 Å². The van der Waals surface area contributed by atoms with E-state index in [1.54, 1.807) is 7.11 Å². The van der Waals surface area contributed by atoms with Crippen LogP contribution in [0.2, 0.25) is 0 Å². The van der Waals surface area contributed by atoms with Crippen LogP contribution in [0, 0.1) is 13.8 Å². The number of aromatic nitrogens is 2. The van der Waals surface area contributed by atoms with Crippen LogP contribution in [0.25, 0.3) is 0 Å². The molecule has 0 aromatic carbocycles. The van der Waals surface area contributed by atoms with Crippen molar-refractivity contribution >= 4 is 0 Å². The Kier molecular flexibility index (Phi) is 5.15. The fraction of sp³-hybridized carbons (Fsp3) is 0.769. The molecule has 1 aromatic rings. The first-order valence-corrected chi connectivity index (χ1v) is 6.31. The highest BCUT2D eigenvalue weighted by Gasteiger charge is 2.17. The van der Waals surface area contributed by atoms with Gasteiger partial charge in [0.05, 0.1) is 18.3 Å². The summed E-state index contributed by atoms with van der Waals surface area (Å²) in [5, 5.41) is 8.04. The molecule has 4 heteroatoms. The molecule has 0 bridgehead atoms. The van der Waals surface area contributed by atoms with Gasteiger partial charge in [0.1, 0.15) is 0 Å². The number of hydrogen-bond acceptors (Lipinski definition) is 3. The number of methoxy groups -OCH3 is 1. The molecule has 1 rings (SSSR count). The Morgan fingerprint density at radius 1 is 1.35 bits per heavy atom. The molecule has 0 aliphatic carbocycles. The summed E-state index contributed by atoms with van der Waals surface area (Å²) in [6.07, 6.45) is 0.190. The third kappa shape index (κ3) is 3.30. The van der Waals surface area contributed by atoms with E-state index in [9.17, 15) is 0 Å². The molecule has 0 amide bonds. The zero-order valence-electron chi connectivity index (χ0n) is 11.9. The van der Waals surface area contributed by atoms with Crippen LogP contribution in [-0.2, 0) is 11.3 Å². The minimum absolute atomic E-state index is 0.190. The van der Waals surface area contributed by atoms with Gasteiger partial charge >= 0.3 is 0 Å². The van der Waals surface area contributed by atoms with E-state index in [4.69, 9.17) is 4.74 Å². The smallest absolute Gasteiger partial charge is 0.0739 e. The Morgan fingerprint density at radius 2 is 2.00 bits per heavy atom. The molecule has 1 aromatic heterocycles. The Balaban J connectivity index is 2.93. The van der Waals surface area contributed by atoms with E-state index in [0.29, 0.717) is 6.04 Å². The minimum atomic E-state index is 0.190. The molecule has 0 aliphatic rings. The third-order valence-electron chi connectivity index (χ3n) is 3.21. The lowest BCUT2D eigenvalue weighted by atomic mass is 10.1. The van der Waals surface area contributed by atoms with Gasteiger partial charge in [-0.2, -0.15) is 5.10 Å². The third-order valence-corrected chi connectivity index (χ3v) is 3.21. The number of nitrogens with zero attached hydrogens (tertiary/aromatic N) is 2. The predicted molar refractivity (Wildman–Crippen MR) is 70.3 cm³/mol. The second kappa shape index (κ2) is 6.17. The molecular weight excluding hydrogens is 214 g/mol. The van der Waals surface area contributed by atoms with Crippen molar-refractivity contribution in [2.45, 2.75) is 53.3 Å².